The highest BCUT2D eigenvalue weighted by molar-refractivity contribution is 7.91. The molecule has 3 heterocycles. The number of hydrogen-bond acceptors (Lipinski definition) is 7. The zero-order valence-corrected chi connectivity index (χ0v) is 19.8. The van der Waals surface area contributed by atoms with Gasteiger partial charge in [-0.15, -0.1) is 0 Å². The maximum Gasteiger partial charge on any atom is 0.243 e. The summed E-state index contributed by atoms with van der Waals surface area (Å²) in [5.41, 5.74) is 7.07. The summed E-state index contributed by atoms with van der Waals surface area (Å²) >= 11 is 0. The largest absolute Gasteiger partial charge is 0.340 e. The summed E-state index contributed by atoms with van der Waals surface area (Å²) in [6.45, 7) is 0.711. The SMILES string of the molecule is NCc1cc(S(=O)(=O)N2C[C@H](C(=O)N3CCS(=O)(=O)CC3)C[C@@H](c3ccccc3)C2)ccn1. The highest BCUT2D eigenvalue weighted by Gasteiger charge is 2.40. The number of sulfone groups is 1. The molecule has 2 aliphatic heterocycles. The Kier molecular flexibility index (Phi) is 6.85. The number of nitrogens with zero attached hydrogens (tertiary/aromatic N) is 3. The van der Waals surface area contributed by atoms with Crippen molar-refractivity contribution in [3.05, 3.63) is 59.9 Å². The van der Waals surface area contributed by atoms with Gasteiger partial charge in [-0.2, -0.15) is 4.31 Å². The fraction of sp³-hybridized carbons (Fsp3) is 0.455. The number of piperidine rings is 1. The molecule has 2 fully saturated rings. The first kappa shape index (κ1) is 23.8. The lowest BCUT2D eigenvalue weighted by Crippen LogP contribution is -2.52. The van der Waals surface area contributed by atoms with E-state index in [1.165, 1.54) is 22.6 Å². The Balaban J connectivity index is 1.63. The van der Waals surface area contributed by atoms with Crippen molar-refractivity contribution < 1.29 is 21.6 Å². The van der Waals surface area contributed by atoms with Crippen LogP contribution in [0.15, 0.2) is 53.6 Å². The van der Waals surface area contributed by atoms with Crippen molar-refractivity contribution in [3.63, 3.8) is 0 Å². The van der Waals surface area contributed by atoms with E-state index >= 15 is 0 Å². The number of carbonyl (C=O) groups excluding carboxylic acids is 1. The van der Waals surface area contributed by atoms with Crippen molar-refractivity contribution in [2.45, 2.75) is 23.8 Å². The van der Waals surface area contributed by atoms with Crippen molar-refractivity contribution in [1.29, 1.82) is 0 Å². The Morgan fingerprint density at radius 3 is 2.45 bits per heavy atom. The van der Waals surface area contributed by atoms with E-state index in [1.807, 2.05) is 30.3 Å². The lowest BCUT2D eigenvalue weighted by molar-refractivity contribution is -0.136. The van der Waals surface area contributed by atoms with Crippen LogP contribution in [0.5, 0.6) is 0 Å². The monoisotopic (exact) mass is 492 g/mol. The van der Waals surface area contributed by atoms with Crippen LogP contribution in [0.25, 0.3) is 0 Å². The molecule has 0 aliphatic carbocycles. The van der Waals surface area contributed by atoms with Crippen LogP contribution in [0, 0.1) is 5.92 Å². The molecule has 2 aliphatic rings. The van der Waals surface area contributed by atoms with E-state index in [0.29, 0.717) is 12.1 Å². The third-order valence-corrected chi connectivity index (χ3v) is 9.77. The molecule has 2 aromatic rings. The second-order valence-electron chi connectivity index (χ2n) is 8.53. The molecule has 0 bridgehead atoms. The Labute approximate surface area is 194 Å². The molecular formula is C22H28N4O5S2. The quantitative estimate of drug-likeness (QED) is 0.646. The highest BCUT2D eigenvalue weighted by Crippen LogP contribution is 2.34. The summed E-state index contributed by atoms with van der Waals surface area (Å²) in [5.74, 6) is -1.03. The van der Waals surface area contributed by atoms with Crippen LogP contribution in [0.1, 0.15) is 23.6 Å². The molecule has 0 radical (unpaired) electrons. The minimum absolute atomic E-state index is 0.0496. The maximum atomic E-state index is 13.5. The van der Waals surface area contributed by atoms with Gasteiger partial charge in [0.1, 0.15) is 0 Å². The first-order valence-electron chi connectivity index (χ1n) is 10.9. The third-order valence-electron chi connectivity index (χ3n) is 6.33. The topological polar surface area (TPSA) is 131 Å². The minimum atomic E-state index is -3.88. The second kappa shape index (κ2) is 9.49. The molecule has 1 aromatic heterocycles. The summed E-state index contributed by atoms with van der Waals surface area (Å²) in [7, 11) is -7.01. The van der Waals surface area contributed by atoms with Crippen LogP contribution in [0.2, 0.25) is 0 Å². The standard InChI is InChI=1S/C22H28N4O5S2/c23-14-20-13-21(6-7-24-20)33(30,31)26-15-18(17-4-2-1-3-5-17)12-19(16-26)22(27)25-8-10-32(28,29)11-9-25/h1-7,13,18-19H,8-12,14-16,23H2/t18-,19-/m1/s1. The van der Waals surface area contributed by atoms with Crippen LogP contribution in [-0.4, -0.2) is 74.6 Å². The van der Waals surface area contributed by atoms with E-state index in [2.05, 4.69) is 4.98 Å². The van der Waals surface area contributed by atoms with E-state index < -0.39 is 25.8 Å². The van der Waals surface area contributed by atoms with Gasteiger partial charge in [0, 0.05) is 38.9 Å². The average molecular weight is 493 g/mol. The predicted molar refractivity (Wildman–Crippen MR) is 123 cm³/mol. The van der Waals surface area contributed by atoms with Gasteiger partial charge in [0.05, 0.1) is 28.0 Å². The smallest absolute Gasteiger partial charge is 0.243 e. The number of nitrogens with two attached hydrogens (primary N) is 1. The number of pyridine rings is 1. The van der Waals surface area contributed by atoms with Gasteiger partial charge in [-0.25, -0.2) is 16.8 Å². The predicted octanol–water partition coefficient (Wildman–Crippen LogP) is 0.592. The van der Waals surface area contributed by atoms with Crippen LogP contribution in [0.3, 0.4) is 0 Å². The van der Waals surface area contributed by atoms with E-state index in [4.69, 9.17) is 5.73 Å². The number of sulfonamides is 1. The Hall–Kier alpha value is -2.34. The van der Waals surface area contributed by atoms with E-state index in [9.17, 15) is 21.6 Å². The molecule has 0 saturated carbocycles. The number of hydrogen-bond donors (Lipinski definition) is 1. The van der Waals surface area contributed by atoms with Gasteiger partial charge in [0.2, 0.25) is 15.9 Å². The van der Waals surface area contributed by atoms with Crippen molar-refractivity contribution >= 4 is 25.8 Å². The molecule has 2 atom stereocenters. The van der Waals surface area contributed by atoms with Crippen LogP contribution in [-0.2, 0) is 31.2 Å². The number of benzene rings is 1. The Morgan fingerprint density at radius 1 is 1.09 bits per heavy atom. The molecule has 178 valence electrons. The molecule has 0 spiro atoms. The third kappa shape index (κ3) is 5.26. The van der Waals surface area contributed by atoms with E-state index in [0.717, 1.165) is 5.56 Å². The molecular weight excluding hydrogens is 464 g/mol. The van der Waals surface area contributed by atoms with E-state index in [-0.39, 0.29) is 61.0 Å². The zero-order chi connectivity index (χ0) is 23.6. The lowest BCUT2D eigenvalue weighted by atomic mass is 9.85. The van der Waals surface area contributed by atoms with Gasteiger partial charge in [-0.3, -0.25) is 9.78 Å². The van der Waals surface area contributed by atoms with Crippen molar-refractivity contribution in [1.82, 2.24) is 14.2 Å². The second-order valence-corrected chi connectivity index (χ2v) is 12.8. The fourth-order valence-electron chi connectivity index (χ4n) is 4.47. The highest BCUT2D eigenvalue weighted by atomic mass is 32.2. The molecule has 11 heteroatoms. The van der Waals surface area contributed by atoms with Crippen LogP contribution < -0.4 is 5.73 Å². The molecule has 1 aromatic carbocycles. The van der Waals surface area contributed by atoms with Gasteiger partial charge >= 0.3 is 0 Å². The molecule has 33 heavy (non-hydrogen) atoms. The molecule has 1 amide bonds. The number of amides is 1. The lowest BCUT2D eigenvalue weighted by Gasteiger charge is -2.39. The molecule has 4 rings (SSSR count). The molecule has 9 nitrogen and oxygen atoms in total. The van der Waals surface area contributed by atoms with Crippen LogP contribution >= 0.6 is 0 Å². The Morgan fingerprint density at radius 2 is 1.79 bits per heavy atom. The summed E-state index contributed by atoms with van der Waals surface area (Å²) in [4.78, 5) is 19.1. The first-order chi connectivity index (χ1) is 15.7. The number of aromatic nitrogens is 1. The molecule has 2 N–H and O–H groups in total. The maximum absolute atomic E-state index is 13.5. The summed E-state index contributed by atoms with van der Waals surface area (Å²) in [6, 6.07) is 12.5. The number of carbonyl (C=O) groups is 1. The Bertz CT molecular complexity index is 1200. The van der Waals surface area contributed by atoms with Gasteiger partial charge in [0.25, 0.3) is 0 Å². The number of rotatable bonds is 5. The normalized spacial score (nSPS) is 23.8. The van der Waals surface area contributed by atoms with Gasteiger partial charge in [0.15, 0.2) is 9.84 Å². The minimum Gasteiger partial charge on any atom is -0.340 e. The summed E-state index contributed by atoms with van der Waals surface area (Å²) in [5, 5.41) is 0. The fourth-order valence-corrected chi connectivity index (χ4v) is 7.24. The first-order valence-corrected chi connectivity index (χ1v) is 14.1. The summed E-state index contributed by atoms with van der Waals surface area (Å²) in [6.07, 6.45) is 1.92. The van der Waals surface area contributed by atoms with E-state index in [1.54, 1.807) is 4.90 Å². The molecule has 2 saturated heterocycles. The van der Waals surface area contributed by atoms with Crippen molar-refractivity contribution in [3.8, 4) is 0 Å². The van der Waals surface area contributed by atoms with Crippen LogP contribution in [0.4, 0.5) is 0 Å². The van der Waals surface area contributed by atoms with Crippen molar-refractivity contribution in [2.75, 3.05) is 37.7 Å². The summed E-state index contributed by atoms with van der Waals surface area (Å²) < 4.78 is 52.0. The van der Waals surface area contributed by atoms with Gasteiger partial charge < -0.3 is 10.6 Å². The van der Waals surface area contributed by atoms with Gasteiger partial charge in [-0.1, -0.05) is 30.3 Å². The average Bonchev–Trinajstić information content (AvgIpc) is 2.84. The van der Waals surface area contributed by atoms with Crippen molar-refractivity contribution in [2.24, 2.45) is 11.7 Å². The molecule has 0 unspecified atom stereocenters. The van der Waals surface area contributed by atoms with Gasteiger partial charge in [-0.05, 0) is 30.0 Å². The zero-order valence-electron chi connectivity index (χ0n) is 18.2.